The fourth-order valence-electron chi connectivity index (χ4n) is 2.59. The Morgan fingerprint density at radius 2 is 2.00 bits per heavy atom. The Labute approximate surface area is 163 Å². The van der Waals surface area contributed by atoms with E-state index >= 15 is 0 Å². The van der Waals surface area contributed by atoms with Gasteiger partial charge in [0.25, 0.3) is 0 Å². The molecule has 0 amide bonds. The summed E-state index contributed by atoms with van der Waals surface area (Å²) in [5.74, 6) is 0.315. The van der Waals surface area contributed by atoms with Gasteiger partial charge < -0.3 is 14.2 Å². The number of aliphatic imine (C=N–C) groups is 1. The first-order chi connectivity index (χ1) is 13.5. The van der Waals surface area contributed by atoms with Crippen LogP contribution in [0.3, 0.4) is 0 Å². The molecule has 1 atom stereocenters. The molecule has 0 saturated heterocycles. The number of hydrogen-bond acceptors (Lipinski definition) is 5. The number of rotatable bonds is 7. The molecule has 0 fully saturated rings. The van der Waals surface area contributed by atoms with Crippen molar-refractivity contribution in [2.75, 3.05) is 6.61 Å². The van der Waals surface area contributed by atoms with Gasteiger partial charge >= 0.3 is 5.97 Å². The summed E-state index contributed by atoms with van der Waals surface area (Å²) in [6, 6.07) is 11.2. The highest BCUT2D eigenvalue weighted by Gasteiger charge is 2.24. The fraction of sp³-hybridized carbons (Fsp3) is 0.273. The summed E-state index contributed by atoms with van der Waals surface area (Å²) >= 11 is 0. The first kappa shape index (κ1) is 19.6. The summed E-state index contributed by atoms with van der Waals surface area (Å²) in [5, 5.41) is 0. The molecular weight excluding hydrogens is 361 g/mol. The molecule has 2 aromatic rings. The van der Waals surface area contributed by atoms with E-state index in [1.54, 1.807) is 24.3 Å². The number of esters is 1. The standard InChI is InChI=1S/C22H22FNO4/c1-4-14(3)27-19-10-9-15(12-20(19)26-5-2)11-18-22(25)28-21(24-18)16-7-6-8-17(23)13-16/h6-14H,4-5H2,1-3H3/b18-11-. The Bertz CT molecular complexity index is 936. The maximum absolute atomic E-state index is 13.4. The number of halogens is 1. The fourth-order valence-corrected chi connectivity index (χ4v) is 2.59. The Morgan fingerprint density at radius 1 is 1.18 bits per heavy atom. The van der Waals surface area contributed by atoms with Gasteiger partial charge in [0.1, 0.15) is 5.82 Å². The quantitative estimate of drug-likeness (QED) is 0.512. The lowest BCUT2D eigenvalue weighted by atomic mass is 10.1. The number of nitrogens with zero attached hydrogens (tertiary/aromatic N) is 1. The number of carbonyl (C=O) groups excluding carboxylic acids is 1. The van der Waals surface area contributed by atoms with Gasteiger partial charge in [-0.05, 0) is 62.2 Å². The zero-order valence-corrected chi connectivity index (χ0v) is 16.1. The van der Waals surface area contributed by atoms with Crippen LogP contribution in [0.1, 0.15) is 38.3 Å². The van der Waals surface area contributed by atoms with Crippen LogP contribution in [0.15, 0.2) is 53.2 Å². The van der Waals surface area contributed by atoms with Crippen molar-refractivity contribution < 1.29 is 23.4 Å². The first-order valence-corrected chi connectivity index (χ1v) is 9.22. The van der Waals surface area contributed by atoms with Gasteiger partial charge in [0.05, 0.1) is 12.7 Å². The Hall–Kier alpha value is -3.15. The second-order valence-electron chi connectivity index (χ2n) is 6.32. The van der Waals surface area contributed by atoms with Gasteiger partial charge in [-0.25, -0.2) is 14.2 Å². The van der Waals surface area contributed by atoms with Crippen molar-refractivity contribution in [2.45, 2.75) is 33.3 Å². The molecule has 0 aromatic heterocycles. The average molecular weight is 383 g/mol. The maximum Gasteiger partial charge on any atom is 0.363 e. The molecule has 1 unspecified atom stereocenters. The molecule has 5 nitrogen and oxygen atoms in total. The van der Waals surface area contributed by atoms with Crippen LogP contribution in [0.25, 0.3) is 6.08 Å². The third kappa shape index (κ3) is 4.57. The van der Waals surface area contributed by atoms with E-state index in [9.17, 15) is 9.18 Å². The number of ether oxygens (including phenoxy) is 3. The van der Waals surface area contributed by atoms with Gasteiger partial charge in [-0.2, -0.15) is 0 Å². The molecular formula is C22H22FNO4. The van der Waals surface area contributed by atoms with Crippen molar-refractivity contribution in [1.82, 2.24) is 0 Å². The molecule has 0 aliphatic carbocycles. The summed E-state index contributed by atoms with van der Waals surface area (Å²) in [6.07, 6.45) is 2.54. The molecule has 0 bridgehead atoms. The third-order valence-corrected chi connectivity index (χ3v) is 4.17. The largest absolute Gasteiger partial charge is 0.490 e. The highest BCUT2D eigenvalue weighted by Crippen LogP contribution is 2.31. The minimum Gasteiger partial charge on any atom is -0.490 e. The van der Waals surface area contributed by atoms with Crippen LogP contribution in [-0.2, 0) is 9.53 Å². The number of hydrogen-bond donors (Lipinski definition) is 0. The molecule has 0 N–H and O–H groups in total. The van der Waals surface area contributed by atoms with E-state index in [1.165, 1.54) is 18.2 Å². The lowest BCUT2D eigenvalue weighted by molar-refractivity contribution is -0.129. The molecule has 1 heterocycles. The minimum atomic E-state index is -0.586. The van der Waals surface area contributed by atoms with Crippen molar-refractivity contribution in [3.8, 4) is 11.5 Å². The van der Waals surface area contributed by atoms with Crippen molar-refractivity contribution in [1.29, 1.82) is 0 Å². The molecule has 6 heteroatoms. The molecule has 1 aliphatic rings. The maximum atomic E-state index is 13.4. The van der Waals surface area contributed by atoms with Gasteiger partial charge in [-0.3, -0.25) is 0 Å². The van der Waals surface area contributed by atoms with E-state index in [-0.39, 0.29) is 17.7 Å². The molecule has 28 heavy (non-hydrogen) atoms. The van der Waals surface area contributed by atoms with E-state index in [1.807, 2.05) is 26.8 Å². The predicted octanol–water partition coefficient (Wildman–Crippen LogP) is 4.75. The molecule has 0 saturated carbocycles. The van der Waals surface area contributed by atoms with Gasteiger partial charge in [-0.15, -0.1) is 0 Å². The summed E-state index contributed by atoms with van der Waals surface area (Å²) < 4.78 is 30.1. The van der Waals surface area contributed by atoms with Crippen molar-refractivity contribution in [3.63, 3.8) is 0 Å². The van der Waals surface area contributed by atoms with Crippen molar-refractivity contribution in [3.05, 3.63) is 65.1 Å². The summed E-state index contributed by atoms with van der Waals surface area (Å²) in [6.45, 7) is 6.41. The first-order valence-electron chi connectivity index (χ1n) is 9.22. The average Bonchev–Trinajstić information content (AvgIpc) is 3.04. The zero-order chi connectivity index (χ0) is 20.1. The molecule has 3 rings (SSSR count). The molecule has 0 radical (unpaired) electrons. The van der Waals surface area contributed by atoms with Crippen molar-refractivity contribution in [2.24, 2.45) is 4.99 Å². The summed E-state index contributed by atoms with van der Waals surface area (Å²) in [4.78, 5) is 16.4. The highest BCUT2D eigenvalue weighted by molar-refractivity contribution is 6.12. The predicted molar refractivity (Wildman–Crippen MR) is 105 cm³/mol. The van der Waals surface area contributed by atoms with E-state index in [0.717, 1.165) is 12.0 Å². The lowest BCUT2D eigenvalue weighted by Crippen LogP contribution is -2.10. The zero-order valence-electron chi connectivity index (χ0n) is 16.1. The third-order valence-electron chi connectivity index (χ3n) is 4.17. The number of carbonyl (C=O) groups is 1. The topological polar surface area (TPSA) is 57.1 Å². The van der Waals surface area contributed by atoms with Gasteiger partial charge in [0, 0.05) is 5.56 Å². The van der Waals surface area contributed by atoms with E-state index in [0.29, 0.717) is 23.7 Å². The normalized spacial score (nSPS) is 15.9. The van der Waals surface area contributed by atoms with Crippen LogP contribution < -0.4 is 9.47 Å². The molecule has 2 aromatic carbocycles. The van der Waals surface area contributed by atoms with Crippen LogP contribution in [-0.4, -0.2) is 24.6 Å². The van der Waals surface area contributed by atoms with Crippen LogP contribution >= 0.6 is 0 Å². The van der Waals surface area contributed by atoms with Gasteiger partial charge in [0.15, 0.2) is 17.2 Å². The minimum absolute atomic E-state index is 0.0617. The number of cyclic esters (lactones) is 1. The van der Waals surface area contributed by atoms with Crippen LogP contribution in [0.2, 0.25) is 0 Å². The molecule has 0 spiro atoms. The second kappa shape index (κ2) is 8.69. The Kier molecular flexibility index (Phi) is 6.09. The number of benzene rings is 2. The van der Waals surface area contributed by atoms with Crippen LogP contribution in [0.4, 0.5) is 4.39 Å². The second-order valence-corrected chi connectivity index (χ2v) is 6.32. The Morgan fingerprint density at radius 3 is 2.71 bits per heavy atom. The smallest absolute Gasteiger partial charge is 0.363 e. The van der Waals surface area contributed by atoms with E-state index in [4.69, 9.17) is 14.2 Å². The van der Waals surface area contributed by atoms with Crippen molar-refractivity contribution >= 4 is 17.9 Å². The summed E-state index contributed by atoms with van der Waals surface area (Å²) in [7, 11) is 0. The molecule has 146 valence electrons. The van der Waals surface area contributed by atoms with Gasteiger partial charge in [0.2, 0.25) is 5.90 Å². The van der Waals surface area contributed by atoms with Crippen LogP contribution in [0, 0.1) is 5.82 Å². The van der Waals surface area contributed by atoms with Gasteiger partial charge in [-0.1, -0.05) is 19.1 Å². The lowest BCUT2D eigenvalue weighted by Gasteiger charge is -2.16. The summed E-state index contributed by atoms with van der Waals surface area (Å²) in [5.41, 5.74) is 1.26. The highest BCUT2D eigenvalue weighted by atomic mass is 19.1. The SMILES string of the molecule is CCOc1cc(/C=C2\N=C(c3cccc(F)c3)OC2=O)ccc1OC(C)CC. The van der Waals surface area contributed by atoms with E-state index < -0.39 is 11.8 Å². The molecule has 1 aliphatic heterocycles. The van der Waals surface area contributed by atoms with E-state index in [2.05, 4.69) is 4.99 Å². The Balaban J connectivity index is 1.89. The monoisotopic (exact) mass is 383 g/mol. The van der Waals surface area contributed by atoms with Crippen LogP contribution in [0.5, 0.6) is 11.5 Å².